The molecule has 0 fully saturated rings. The number of hydrogen-bond acceptors (Lipinski definition) is 2. The van der Waals surface area contributed by atoms with Gasteiger partial charge in [-0.3, -0.25) is 0 Å². The van der Waals surface area contributed by atoms with E-state index in [1.165, 1.54) is 0 Å². The number of rotatable bonds is 2. The van der Waals surface area contributed by atoms with Crippen LogP contribution in [0.15, 0.2) is 24.3 Å². The van der Waals surface area contributed by atoms with E-state index in [1.807, 2.05) is 0 Å². The van der Waals surface area contributed by atoms with Crippen LogP contribution in [0.5, 0.6) is 5.75 Å². The number of phenols is 1. The van der Waals surface area contributed by atoms with Crippen molar-refractivity contribution in [3.05, 3.63) is 29.8 Å². The number of halogens is 6. The van der Waals surface area contributed by atoms with Gasteiger partial charge in [-0.2, -0.15) is 22.0 Å². The third kappa shape index (κ3) is 3.19. The standard InChI is InChI=1S/C9H8F5NO.ClH/c10-8(11,9(12,13)14)7(15)5-1-3-6(16)4-2-5;/h1-4,7,16H,15H2;1H/t7-;/m0./s1. The first-order valence-electron chi connectivity index (χ1n) is 4.15. The molecule has 2 nitrogen and oxygen atoms in total. The molecule has 1 atom stereocenters. The second-order valence-corrected chi connectivity index (χ2v) is 3.19. The monoisotopic (exact) mass is 277 g/mol. The zero-order chi connectivity index (χ0) is 12.6. The van der Waals surface area contributed by atoms with Crippen molar-refractivity contribution in [3.63, 3.8) is 0 Å². The lowest BCUT2D eigenvalue weighted by Gasteiger charge is -2.25. The Morgan fingerprint density at radius 1 is 1.00 bits per heavy atom. The van der Waals surface area contributed by atoms with Crippen molar-refractivity contribution in [3.8, 4) is 5.75 Å². The molecular formula is C9H9ClF5NO. The molecule has 8 heteroatoms. The summed E-state index contributed by atoms with van der Waals surface area (Å²) in [6.07, 6.45) is -5.70. The number of phenolic OH excluding ortho intramolecular Hbond substituents is 1. The number of hydrogen-bond donors (Lipinski definition) is 2. The van der Waals surface area contributed by atoms with Crippen LogP contribution in [-0.4, -0.2) is 17.2 Å². The molecule has 0 heterocycles. The summed E-state index contributed by atoms with van der Waals surface area (Å²) in [5, 5.41) is 8.85. The number of nitrogens with two attached hydrogens (primary N) is 1. The van der Waals surface area contributed by atoms with E-state index in [0.717, 1.165) is 24.3 Å². The van der Waals surface area contributed by atoms with Crippen LogP contribution in [-0.2, 0) is 0 Å². The van der Waals surface area contributed by atoms with E-state index < -0.39 is 23.7 Å². The fraction of sp³-hybridized carbons (Fsp3) is 0.333. The Labute approximate surface area is 99.6 Å². The smallest absolute Gasteiger partial charge is 0.455 e. The number of alkyl halides is 5. The van der Waals surface area contributed by atoms with Crippen molar-refractivity contribution in [2.45, 2.75) is 18.1 Å². The van der Waals surface area contributed by atoms with E-state index in [0.29, 0.717) is 0 Å². The van der Waals surface area contributed by atoms with Crippen molar-refractivity contribution in [2.75, 3.05) is 0 Å². The van der Waals surface area contributed by atoms with Crippen molar-refractivity contribution >= 4 is 12.4 Å². The highest BCUT2D eigenvalue weighted by atomic mass is 35.5. The fourth-order valence-corrected chi connectivity index (χ4v) is 1.07. The molecule has 0 aliphatic rings. The van der Waals surface area contributed by atoms with E-state index >= 15 is 0 Å². The van der Waals surface area contributed by atoms with Crippen molar-refractivity contribution < 1.29 is 27.1 Å². The van der Waals surface area contributed by atoms with Crippen molar-refractivity contribution in [1.82, 2.24) is 0 Å². The first-order valence-corrected chi connectivity index (χ1v) is 4.15. The zero-order valence-corrected chi connectivity index (χ0v) is 9.03. The van der Waals surface area contributed by atoms with Crippen LogP contribution in [0.1, 0.15) is 11.6 Å². The number of aromatic hydroxyl groups is 1. The Morgan fingerprint density at radius 3 is 1.76 bits per heavy atom. The first kappa shape index (κ1) is 15.9. The molecule has 0 saturated heterocycles. The van der Waals surface area contributed by atoms with Gasteiger partial charge < -0.3 is 10.8 Å². The van der Waals surface area contributed by atoms with E-state index in [1.54, 1.807) is 0 Å². The quantitative estimate of drug-likeness (QED) is 0.816. The maximum absolute atomic E-state index is 12.8. The van der Waals surface area contributed by atoms with Crippen molar-refractivity contribution in [2.24, 2.45) is 5.73 Å². The van der Waals surface area contributed by atoms with Crippen LogP contribution >= 0.6 is 12.4 Å². The minimum Gasteiger partial charge on any atom is -0.508 e. The fourth-order valence-electron chi connectivity index (χ4n) is 1.07. The Bertz CT molecular complexity index is 365. The van der Waals surface area contributed by atoms with Crippen LogP contribution < -0.4 is 5.73 Å². The van der Waals surface area contributed by atoms with Gasteiger partial charge in [-0.25, -0.2) is 0 Å². The van der Waals surface area contributed by atoms with Crippen LogP contribution in [0.25, 0.3) is 0 Å². The normalized spacial score (nSPS) is 14.0. The Balaban J connectivity index is 0.00000256. The van der Waals surface area contributed by atoms with E-state index in [9.17, 15) is 22.0 Å². The minimum absolute atomic E-state index is 0. The largest absolute Gasteiger partial charge is 0.508 e. The highest BCUT2D eigenvalue weighted by Gasteiger charge is 2.61. The molecule has 0 aromatic heterocycles. The molecule has 0 bridgehead atoms. The summed E-state index contributed by atoms with van der Waals surface area (Å²) in [5.41, 5.74) is 4.45. The van der Waals surface area contributed by atoms with Gasteiger partial charge >= 0.3 is 12.1 Å². The zero-order valence-electron chi connectivity index (χ0n) is 8.21. The lowest BCUT2D eigenvalue weighted by atomic mass is 10.0. The molecule has 1 rings (SSSR count). The summed E-state index contributed by atoms with van der Waals surface area (Å²) in [4.78, 5) is 0. The minimum atomic E-state index is -5.70. The van der Waals surface area contributed by atoms with E-state index in [2.05, 4.69) is 0 Å². The predicted molar refractivity (Wildman–Crippen MR) is 53.3 cm³/mol. The topological polar surface area (TPSA) is 46.2 Å². The van der Waals surface area contributed by atoms with Crippen LogP contribution in [0.3, 0.4) is 0 Å². The van der Waals surface area contributed by atoms with Gasteiger partial charge in [0.2, 0.25) is 0 Å². The van der Waals surface area contributed by atoms with Crippen LogP contribution in [0, 0.1) is 0 Å². The molecule has 3 N–H and O–H groups in total. The van der Waals surface area contributed by atoms with Gasteiger partial charge in [0.15, 0.2) is 0 Å². The Morgan fingerprint density at radius 2 is 1.41 bits per heavy atom. The first-order chi connectivity index (χ1) is 7.16. The average Bonchev–Trinajstić information content (AvgIpc) is 2.16. The second kappa shape index (κ2) is 5.05. The predicted octanol–water partition coefficient (Wildman–Crippen LogP) is 3.01. The molecule has 0 radical (unpaired) electrons. The summed E-state index contributed by atoms with van der Waals surface area (Å²) >= 11 is 0. The summed E-state index contributed by atoms with van der Waals surface area (Å²) in [5.74, 6) is -5.25. The Hall–Kier alpha value is -1.08. The molecule has 0 spiro atoms. The van der Waals surface area contributed by atoms with Gasteiger partial charge in [0.05, 0.1) is 0 Å². The molecular weight excluding hydrogens is 269 g/mol. The van der Waals surface area contributed by atoms with Crippen molar-refractivity contribution in [1.29, 1.82) is 0 Å². The SMILES string of the molecule is Cl.N[C@@H](c1ccc(O)cc1)C(F)(F)C(F)(F)F. The molecule has 1 aromatic carbocycles. The van der Waals surface area contributed by atoms with E-state index in [-0.39, 0.29) is 18.2 Å². The number of benzene rings is 1. The highest BCUT2D eigenvalue weighted by Crippen LogP contribution is 2.43. The summed E-state index contributed by atoms with van der Waals surface area (Å²) in [6, 6.07) is 1.32. The lowest BCUT2D eigenvalue weighted by molar-refractivity contribution is -0.291. The van der Waals surface area contributed by atoms with Crippen LogP contribution in [0.4, 0.5) is 22.0 Å². The third-order valence-electron chi connectivity index (χ3n) is 2.02. The summed E-state index contributed by atoms with van der Waals surface area (Å²) in [6.45, 7) is 0. The van der Waals surface area contributed by atoms with E-state index in [4.69, 9.17) is 10.8 Å². The molecule has 98 valence electrons. The summed E-state index contributed by atoms with van der Waals surface area (Å²) < 4.78 is 61.5. The molecule has 1 aromatic rings. The summed E-state index contributed by atoms with van der Waals surface area (Å²) in [7, 11) is 0. The highest BCUT2D eigenvalue weighted by molar-refractivity contribution is 5.85. The molecule has 17 heavy (non-hydrogen) atoms. The van der Waals surface area contributed by atoms with Gasteiger partial charge in [-0.15, -0.1) is 12.4 Å². The molecule has 0 unspecified atom stereocenters. The maximum Gasteiger partial charge on any atom is 0.455 e. The third-order valence-corrected chi connectivity index (χ3v) is 2.02. The van der Waals surface area contributed by atoms with Gasteiger partial charge in [-0.1, -0.05) is 12.1 Å². The van der Waals surface area contributed by atoms with Gasteiger partial charge in [0, 0.05) is 0 Å². The molecule has 0 amide bonds. The maximum atomic E-state index is 12.8. The molecule has 0 aliphatic heterocycles. The van der Waals surface area contributed by atoms with Gasteiger partial charge in [0.1, 0.15) is 11.8 Å². The Kier molecular flexibility index (Phi) is 4.73. The second-order valence-electron chi connectivity index (χ2n) is 3.19. The lowest BCUT2D eigenvalue weighted by Crippen LogP contribution is -2.45. The van der Waals surface area contributed by atoms with Crippen LogP contribution in [0.2, 0.25) is 0 Å². The average molecular weight is 278 g/mol. The molecule has 0 saturated carbocycles. The van der Waals surface area contributed by atoms with Gasteiger partial charge in [0.25, 0.3) is 0 Å². The van der Waals surface area contributed by atoms with Gasteiger partial charge in [-0.05, 0) is 17.7 Å². The molecule has 0 aliphatic carbocycles.